The first-order chi connectivity index (χ1) is 21.3. The average molecular weight is 603 g/mol. The van der Waals surface area contributed by atoms with Crippen molar-refractivity contribution in [2.45, 2.75) is 108 Å². The molecule has 1 aromatic carbocycles. The van der Waals surface area contributed by atoms with E-state index in [9.17, 15) is 4.79 Å². The molecule has 0 bridgehead atoms. The maximum Gasteiger partial charge on any atom is 0.334 e. The number of ether oxygens (including phenoxy) is 1. The highest BCUT2D eigenvalue weighted by molar-refractivity contribution is 5.91. The second-order valence-electron chi connectivity index (χ2n) is 13.6. The summed E-state index contributed by atoms with van der Waals surface area (Å²) in [6, 6.07) is 13.2. The second kappa shape index (κ2) is 13.2. The summed E-state index contributed by atoms with van der Waals surface area (Å²) >= 11 is 0. The van der Waals surface area contributed by atoms with E-state index in [1.54, 1.807) is 0 Å². The summed E-state index contributed by atoms with van der Waals surface area (Å²) in [7, 11) is 2.14. The van der Waals surface area contributed by atoms with E-state index in [-0.39, 0.29) is 12.6 Å². The Morgan fingerprint density at radius 2 is 1.24 bits per heavy atom. The summed E-state index contributed by atoms with van der Waals surface area (Å²) in [4.78, 5) is 13.0. The van der Waals surface area contributed by atoms with Gasteiger partial charge in [-0.3, -0.25) is 0 Å². The minimum Gasteiger partial charge on any atom is -0.457 e. The molecule has 0 spiro atoms. The Labute approximate surface area is 270 Å². The number of carbonyl (C=O) groups excluding carboxylic acids is 1. The number of aryl methyl sites for hydroxylation is 2. The summed E-state index contributed by atoms with van der Waals surface area (Å²) in [5.74, 6) is -0.197. The molecule has 0 aliphatic heterocycles. The van der Waals surface area contributed by atoms with E-state index < -0.39 is 0 Å². The lowest BCUT2D eigenvalue weighted by molar-refractivity contribution is -0.700. The van der Waals surface area contributed by atoms with Crippen LogP contribution in [0.5, 0.6) is 0 Å². The third-order valence-electron chi connectivity index (χ3n) is 10.5. The van der Waals surface area contributed by atoms with Crippen molar-refractivity contribution in [1.82, 2.24) is 0 Å². The van der Waals surface area contributed by atoms with Crippen LogP contribution in [-0.2, 0) is 36.2 Å². The van der Waals surface area contributed by atoms with Crippen molar-refractivity contribution in [2.24, 2.45) is 7.05 Å². The summed E-state index contributed by atoms with van der Waals surface area (Å²) in [6.07, 6.45) is 4.45. The van der Waals surface area contributed by atoms with Crippen molar-refractivity contribution >= 4 is 5.97 Å². The van der Waals surface area contributed by atoms with E-state index in [1.807, 2.05) is 0 Å². The highest BCUT2D eigenvalue weighted by atomic mass is 16.5. The van der Waals surface area contributed by atoms with Crippen molar-refractivity contribution < 1.29 is 18.7 Å². The van der Waals surface area contributed by atoms with Gasteiger partial charge >= 0.3 is 5.97 Å². The SMILES string of the molecule is CC1=C(C)CC(=C=C2CC(C)=C(C(=O)OCc3ccc(C[n+]4c(C)cc(Cc5cc(C)[n+](C)c(C)c5C)c(C)c4C)cc3)C2)C1. The molecular weight excluding hydrogens is 552 g/mol. The molecule has 0 amide bonds. The quantitative estimate of drug-likeness (QED) is 0.119. The summed E-state index contributed by atoms with van der Waals surface area (Å²) in [6.45, 7) is 20.9. The maximum atomic E-state index is 13.0. The van der Waals surface area contributed by atoms with Crippen molar-refractivity contribution in [3.8, 4) is 0 Å². The molecule has 0 unspecified atom stereocenters. The molecule has 4 nitrogen and oxygen atoms in total. The Balaban J connectivity index is 1.22. The number of benzene rings is 1. The predicted molar refractivity (Wildman–Crippen MR) is 181 cm³/mol. The largest absolute Gasteiger partial charge is 0.457 e. The normalized spacial score (nSPS) is 15.0. The number of pyridine rings is 2. The van der Waals surface area contributed by atoms with Crippen molar-refractivity contribution in [2.75, 3.05) is 0 Å². The Kier molecular flexibility index (Phi) is 9.46. The molecule has 0 saturated heterocycles. The lowest BCUT2D eigenvalue weighted by atomic mass is 9.95. The van der Waals surface area contributed by atoms with E-state index in [2.05, 4.69) is 121 Å². The number of esters is 1. The number of rotatable bonds is 7. The first kappa shape index (κ1) is 32.4. The summed E-state index contributed by atoms with van der Waals surface area (Å²) < 4.78 is 10.5. The minimum absolute atomic E-state index is 0.197. The molecule has 234 valence electrons. The van der Waals surface area contributed by atoms with E-state index in [1.165, 1.54) is 72.9 Å². The van der Waals surface area contributed by atoms with Crippen LogP contribution in [0.3, 0.4) is 0 Å². The Bertz CT molecular complexity index is 1810. The summed E-state index contributed by atoms with van der Waals surface area (Å²) in [5.41, 5.74) is 23.9. The Morgan fingerprint density at radius 1 is 0.711 bits per heavy atom. The number of hydrogen-bond donors (Lipinski definition) is 0. The molecule has 0 saturated carbocycles. The smallest absolute Gasteiger partial charge is 0.334 e. The van der Waals surface area contributed by atoms with Gasteiger partial charge in [0, 0.05) is 68.5 Å². The van der Waals surface area contributed by atoms with Crippen LogP contribution < -0.4 is 9.13 Å². The lowest BCUT2D eigenvalue weighted by Crippen LogP contribution is -2.42. The zero-order valence-corrected chi connectivity index (χ0v) is 29.1. The highest BCUT2D eigenvalue weighted by Crippen LogP contribution is 2.34. The molecule has 3 aromatic rings. The molecule has 0 atom stereocenters. The van der Waals surface area contributed by atoms with Crippen LogP contribution in [0, 0.1) is 41.5 Å². The number of carbonyl (C=O) groups is 1. The topological polar surface area (TPSA) is 34.1 Å². The number of aromatic nitrogens is 2. The molecule has 0 radical (unpaired) electrons. The van der Waals surface area contributed by atoms with Crippen molar-refractivity contribution in [3.63, 3.8) is 0 Å². The van der Waals surface area contributed by atoms with Crippen LogP contribution in [-0.4, -0.2) is 5.97 Å². The van der Waals surface area contributed by atoms with Crippen molar-refractivity contribution in [3.05, 3.63) is 132 Å². The van der Waals surface area contributed by atoms with Gasteiger partial charge in [-0.2, -0.15) is 4.57 Å². The van der Waals surface area contributed by atoms with Gasteiger partial charge in [-0.25, -0.2) is 9.36 Å². The van der Waals surface area contributed by atoms with E-state index in [4.69, 9.17) is 4.74 Å². The van der Waals surface area contributed by atoms with Crippen LogP contribution in [0.25, 0.3) is 0 Å². The fourth-order valence-electron chi connectivity index (χ4n) is 6.85. The first-order valence-corrected chi connectivity index (χ1v) is 16.3. The molecule has 4 heteroatoms. The number of nitrogens with zero attached hydrogens (tertiary/aromatic N) is 2. The number of hydrogen-bond acceptors (Lipinski definition) is 2. The molecule has 0 fully saturated rings. The Hall–Kier alpha value is -4.01. The third-order valence-corrected chi connectivity index (χ3v) is 10.5. The van der Waals surface area contributed by atoms with Gasteiger partial charge in [0.15, 0.2) is 29.3 Å². The van der Waals surface area contributed by atoms with E-state index in [0.717, 1.165) is 48.9 Å². The lowest BCUT2D eigenvalue weighted by Gasteiger charge is -2.14. The van der Waals surface area contributed by atoms with Crippen LogP contribution in [0.4, 0.5) is 0 Å². The van der Waals surface area contributed by atoms with Gasteiger partial charge in [0.2, 0.25) is 0 Å². The monoisotopic (exact) mass is 602 g/mol. The molecule has 45 heavy (non-hydrogen) atoms. The second-order valence-corrected chi connectivity index (χ2v) is 13.6. The number of allylic oxidation sites excluding steroid dienone is 4. The molecule has 2 aromatic heterocycles. The van der Waals surface area contributed by atoms with Gasteiger partial charge in [0.25, 0.3) is 0 Å². The average Bonchev–Trinajstić information content (AvgIpc) is 3.53. The zero-order chi connectivity index (χ0) is 32.6. The first-order valence-electron chi connectivity index (χ1n) is 16.3. The van der Waals surface area contributed by atoms with E-state index in [0.29, 0.717) is 6.42 Å². The van der Waals surface area contributed by atoms with Gasteiger partial charge < -0.3 is 4.74 Å². The molecule has 2 aliphatic carbocycles. The fourth-order valence-corrected chi connectivity index (χ4v) is 6.85. The van der Waals surface area contributed by atoms with Gasteiger partial charge in [0.05, 0.1) is 0 Å². The molecule has 5 rings (SSSR count). The highest BCUT2D eigenvalue weighted by Gasteiger charge is 2.24. The summed E-state index contributed by atoms with van der Waals surface area (Å²) in [5, 5.41) is 0. The predicted octanol–water partition coefficient (Wildman–Crippen LogP) is 8.02. The van der Waals surface area contributed by atoms with Gasteiger partial charge in [-0.05, 0) is 88.1 Å². The Morgan fingerprint density at radius 3 is 1.89 bits per heavy atom. The van der Waals surface area contributed by atoms with Gasteiger partial charge in [0.1, 0.15) is 13.7 Å². The molecule has 0 N–H and O–H groups in total. The minimum atomic E-state index is -0.197. The molecule has 2 aliphatic rings. The van der Waals surface area contributed by atoms with E-state index >= 15 is 0 Å². The standard InChI is InChI=1S/C41H50N2O2/c1-25-15-36(16-26(25)2)20-37-17-27(3)40(21-37)41(44)45-24-35-13-11-34(12-14-35)23-43-29(5)19-39(31(7)33(43)9)22-38-18-28(4)42(10)32(8)30(38)6/h11-14,18-19H,15-17,21-24H2,1-10H3/q+2. The van der Waals surface area contributed by atoms with Crippen LogP contribution in [0.15, 0.2) is 75.6 Å². The van der Waals surface area contributed by atoms with Crippen LogP contribution >= 0.6 is 0 Å². The van der Waals surface area contributed by atoms with Crippen molar-refractivity contribution in [1.29, 1.82) is 0 Å². The van der Waals surface area contributed by atoms with Crippen LogP contribution in [0.1, 0.15) is 103 Å². The zero-order valence-electron chi connectivity index (χ0n) is 29.1. The third kappa shape index (κ3) is 6.97. The fraction of sp³-hybridized carbons (Fsp3) is 0.415. The molecular formula is C41H50N2O2+2. The van der Waals surface area contributed by atoms with Gasteiger partial charge in [-0.15, -0.1) is 5.73 Å². The maximum absolute atomic E-state index is 13.0. The molecule has 2 heterocycles. The van der Waals surface area contributed by atoms with Gasteiger partial charge in [-0.1, -0.05) is 41.0 Å². The van der Waals surface area contributed by atoms with Crippen LogP contribution in [0.2, 0.25) is 0 Å².